The summed E-state index contributed by atoms with van der Waals surface area (Å²) < 4.78 is 0. The summed E-state index contributed by atoms with van der Waals surface area (Å²) in [6.45, 7) is 13.0. The molecule has 4 heteroatoms. The smallest absolute Gasteiger partial charge is 0.224 e. The third kappa shape index (κ3) is 6.18. The first-order chi connectivity index (χ1) is 13.6. The van der Waals surface area contributed by atoms with E-state index in [0.29, 0.717) is 19.5 Å². The molecule has 2 amide bonds. The minimum Gasteiger partial charge on any atom is -0.336 e. The highest BCUT2D eigenvalue weighted by Gasteiger charge is 2.24. The van der Waals surface area contributed by atoms with E-state index in [1.807, 2.05) is 67.3 Å². The quantitative estimate of drug-likeness (QED) is 0.650. The molecule has 0 unspecified atom stereocenters. The Balaban J connectivity index is 2.18. The molecule has 0 spiro atoms. The Kier molecular flexibility index (Phi) is 7.60. The third-order valence-electron chi connectivity index (χ3n) is 5.07. The number of hydrogen-bond donors (Lipinski definition) is 0. The van der Waals surface area contributed by atoms with Crippen LogP contribution in [0.25, 0.3) is 0 Å². The minimum atomic E-state index is -0.0917. The molecule has 29 heavy (non-hydrogen) atoms. The zero-order valence-electron chi connectivity index (χ0n) is 18.6. The fraction of sp³-hybridized carbons (Fsp3) is 0.440. The maximum atomic E-state index is 13.0. The summed E-state index contributed by atoms with van der Waals surface area (Å²) in [7, 11) is 0. The predicted molar refractivity (Wildman–Crippen MR) is 120 cm³/mol. The van der Waals surface area contributed by atoms with Crippen LogP contribution in [-0.4, -0.2) is 29.3 Å². The van der Waals surface area contributed by atoms with E-state index in [0.717, 1.165) is 16.8 Å². The van der Waals surface area contributed by atoms with Gasteiger partial charge in [0.25, 0.3) is 0 Å². The van der Waals surface area contributed by atoms with Gasteiger partial charge in [-0.15, -0.1) is 0 Å². The SMILES string of the molecule is CC(=O)N(CCC(=O)N(Cc1ccccc1)C(C)C)c1ccccc1C(C)(C)C. The van der Waals surface area contributed by atoms with Gasteiger partial charge in [0, 0.05) is 38.2 Å². The van der Waals surface area contributed by atoms with Crippen molar-refractivity contribution in [2.45, 2.75) is 66.0 Å². The minimum absolute atomic E-state index is 0.0475. The van der Waals surface area contributed by atoms with Crippen LogP contribution in [0.3, 0.4) is 0 Å². The number of anilines is 1. The lowest BCUT2D eigenvalue weighted by atomic mass is 9.85. The molecule has 0 bridgehead atoms. The van der Waals surface area contributed by atoms with Gasteiger partial charge in [-0.2, -0.15) is 0 Å². The van der Waals surface area contributed by atoms with Crippen LogP contribution in [0.2, 0.25) is 0 Å². The summed E-state index contributed by atoms with van der Waals surface area (Å²) in [5.74, 6) is 0.0111. The molecule has 0 aromatic heterocycles. The maximum absolute atomic E-state index is 13.0. The van der Waals surface area contributed by atoms with Crippen LogP contribution in [0.4, 0.5) is 5.69 Å². The van der Waals surface area contributed by atoms with Crippen molar-refractivity contribution in [3.8, 4) is 0 Å². The highest BCUT2D eigenvalue weighted by molar-refractivity contribution is 5.93. The van der Waals surface area contributed by atoms with E-state index in [2.05, 4.69) is 26.8 Å². The van der Waals surface area contributed by atoms with Gasteiger partial charge in [0.1, 0.15) is 0 Å². The number of nitrogens with zero attached hydrogens (tertiary/aromatic N) is 2. The van der Waals surface area contributed by atoms with E-state index in [1.165, 1.54) is 0 Å². The number of carbonyl (C=O) groups is 2. The molecule has 0 aliphatic rings. The number of amides is 2. The van der Waals surface area contributed by atoms with Crippen LogP contribution in [0.1, 0.15) is 59.1 Å². The van der Waals surface area contributed by atoms with Crippen molar-refractivity contribution in [3.05, 3.63) is 65.7 Å². The average Bonchev–Trinajstić information content (AvgIpc) is 2.66. The van der Waals surface area contributed by atoms with E-state index in [4.69, 9.17) is 0 Å². The molecule has 0 radical (unpaired) electrons. The van der Waals surface area contributed by atoms with Gasteiger partial charge in [-0.3, -0.25) is 9.59 Å². The predicted octanol–water partition coefficient (Wildman–Crippen LogP) is 5.16. The van der Waals surface area contributed by atoms with Gasteiger partial charge in [0.2, 0.25) is 11.8 Å². The maximum Gasteiger partial charge on any atom is 0.224 e. The summed E-state index contributed by atoms with van der Waals surface area (Å²) in [5.41, 5.74) is 3.01. The fourth-order valence-electron chi connectivity index (χ4n) is 3.48. The molecular weight excluding hydrogens is 360 g/mol. The van der Waals surface area contributed by atoms with Crippen LogP contribution in [0.5, 0.6) is 0 Å². The first-order valence-electron chi connectivity index (χ1n) is 10.3. The summed E-state index contributed by atoms with van der Waals surface area (Å²) in [4.78, 5) is 29.1. The van der Waals surface area contributed by atoms with Gasteiger partial charge < -0.3 is 9.80 Å². The molecule has 0 heterocycles. The van der Waals surface area contributed by atoms with Crippen molar-refractivity contribution in [2.24, 2.45) is 0 Å². The van der Waals surface area contributed by atoms with Crippen molar-refractivity contribution in [1.82, 2.24) is 4.90 Å². The molecule has 2 rings (SSSR count). The molecule has 156 valence electrons. The summed E-state index contributed by atoms with van der Waals surface area (Å²) >= 11 is 0. The first kappa shape index (κ1) is 22.7. The van der Waals surface area contributed by atoms with E-state index in [9.17, 15) is 9.59 Å². The number of carbonyl (C=O) groups excluding carboxylic acids is 2. The molecule has 0 N–H and O–H groups in total. The van der Waals surface area contributed by atoms with Gasteiger partial charge in [0.05, 0.1) is 0 Å². The van der Waals surface area contributed by atoms with Crippen LogP contribution in [0, 0.1) is 0 Å². The molecule has 2 aromatic carbocycles. The second-order valence-electron chi connectivity index (χ2n) is 8.79. The summed E-state index contributed by atoms with van der Waals surface area (Å²) in [6.07, 6.45) is 0.295. The van der Waals surface area contributed by atoms with Gasteiger partial charge >= 0.3 is 0 Å². The zero-order chi connectivity index (χ0) is 21.6. The molecule has 2 aromatic rings. The number of para-hydroxylation sites is 1. The average molecular weight is 395 g/mol. The molecule has 0 saturated carbocycles. The van der Waals surface area contributed by atoms with Crippen molar-refractivity contribution in [2.75, 3.05) is 11.4 Å². The highest BCUT2D eigenvalue weighted by atomic mass is 16.2. The molecule has 0 aliphatic heterocycles. The normalized spacial score (nSPS) is 11.4. The zero-order valence-corrected chi connectivity index (χ0v) is 18.6. The Labute approximate surface area is 175 Å². The number of benzene rings is 2. The Hall–Kier alpha value is -2.62. The second kappa shape index (κ2) is 9.73. The van der Waals surface area contributed by atoms with E-state index >= 15 is 0 Å². The van der Waals surface area contributed by atoms with E-state index < -0.39 is 0 Å². The molecule has 0 fully saturated rings. The molecular formula is C25H34N2O2. The monoisotopic (exact) mass is 394 g/mol. The fourth-order valence-corrected chi connectivity index (χ4v) is 3.48. The van der Waals surface area contributed by atoms with Crippen LogP contribution in [0.15, 0.2) is 54.6 Å². The van der Waals surface area contributed by atoms with Crippen molar-refractivity contribution in [1.29, 1.82) is 0 Å². The van der Waals surface area contributed by atoms with Crippen LogP contribution in [-0.2, 0) is 21.5 Å². The second-order valence-corrected chi connectivity index (χ2v) is 8.79. The topological polar surface area (TPSA) is 40.6 Å². The number of rotatable bonds is 7. The molecule has 0 atom stereocenters. The van der Waals surface area contributed by atoms with Gasteiger partial charge in [-0.25, -0.2) is 0 Å². The Morgan fingerprint density at radius 2 is 1.52 bits per heavy atom. The lowest BCUT2D eigenvalue weighted by Gasteiger charge is -2.31. The largest absolute Gasteiger partial charge is 0.336 e. The van der Waals surface area contributed by atoms with E-state index in [-0.39, 0.29) is 23.3 Å². The molecule has 4 nitrogen and oxygen atoms in total. The van der Waals surface area contributed by atoms with Gasteiger partial charge in [-0.05, 0) is 36.5 Å². The van der Waals surface area contributed by atoms with Gasteiger partial charge in [0.15, 0.2) is 0 Å². The summed E-state index contributed by atoms with van der Waals surface area (Å²) in [5, 5.41) is 0. The Morgan fingerprint density at radius 3 is 2.07 bits per heavy atom. The molecule has 0 aliphatic carbocycles. The highest BCUT2D eigenvalue weighted by Crippen LogP contribution is 2.32. The van der Waals surface area contributed by atoms with Crippen molar-refractivity contribution >= 4 is 17.5 Å². The number of hydrogen-bond acceptors (Lipinski definition) is 2. The Morgan fingerprint density at radius 1 is 0.931 bits per heavy atom. The lowest BCUT2D eigenvalue weighted by Crippen LogP contribution is -2.40. The van der Waals surface area contributed by atoms with E-state index in [1.54, 1.807) is 11.8 Å². The van der Waals surface area contributed by atoms with Crippen molar-refractivity contribution < 1.29 is 9.59 Å². The standard InChI is InChI=1S/C25H34N2O2/c1-19(2)27(18-21-12-8-7-9-13-21)24(29)16-17-26(20(3)28)23-15-11-10-14-22(23)25(4,5)6/h7-15,19H,16-18H2,1-6H3. The summed E-state index contributed by atoms with van der Waals surface area (Å²) in [6, 6.07) is 18.1. The van der Waals surface area contributed by atoms with Gasteiger partial charge in [-0.1, -0.05) is 69.3 Å². The first-order valence-corrected chi connectivity index (χ1v) is 10.3. The lowest BCUT2D eigenvalue weighted by molar-refractivity contribution is -0.133. The Bertz CT molecular complexity index is 822. The third-order valence-corrected chi connectivity index (χ3v) is 5.07. The van der Waals surface area contributed by atoms with Crippen molar-refractivity contribution in [3.63, 3.8) is 0 Å². The van der Waals surface area contributed by atoms with Crippen LogP contribution < -0.4 is 4.90 Å². The van der Waals surface area contributed by atoms with Crippen LogP contribution >= 0.6 is 0 Å². The molecule has 0 saturated heterocycles.